The SMILES string of the molecule is CCOP(=O)(OCC)OCC(F)(F)C(F)(F)C(F)(F)F. The van der Waals surface area contributed by atoms with Crippen LogP contribution in [0.5, 0.6) is 0 Å². The largest absolute Gasteiger partial charge is 0.474 e. The fourth-order valence-corrected chi connectivity index (χ4v) is 2.06. The average molecular weight is 336 g/mol. The van der Waals surface area contributed by atoms with Crippen LogP contribution in [0.2, 0.25) is 0 Å². The third-order valence-corrected chi connectivity index (χ3v) is 3.39. The first kappa shape index (κ1) is 19.6. The van der Waals surface area contributed by atoms with Crippen LogP contribution in [0.1, 0.15) is 13.8 Å². The maximum atomic E-state index is 12.9. The van der Waals surface area contributed by atoms with Gasteiger partial charge in [-0.1, -0.05) is 0 Å². The standard InChI is InChI=1S/C8H12F7O4P/c1-3-17-20(16,18-4-2)19-5-6(9,10)7(11,12)8(13,14)15/h3-5H2,1-2H3. The van der Waals surface area contributed by atoms with Crippen molar-refractivity contribution in [3.8, 4) is 0 Å². The van der Waals surface area contributed by atoms with E-state index in [1.54, 1.807) is 0 Å². The maximum absolute atomic E-state index is 12.9. The molecule has 0 amide bonds. The number of rotatable bonds is 8. The van der Waals surface area contributed by atoms with Crippen LogP contribution in [0.4, 0.5) is 30.7 Å². The molecule has 0 unspecified atom stereocenters. The van der Waals surface area contributed by atoms with Crippen LogP contribution in [-0.4, -0.2) is 37.8 Å². The molecule has 0 aliphatic rings. The second-order valence-corrected chi connectivity index (χ2v) is 5.00. The van der Waals surface area contributed by atoms with Crippen molar-refractivity contribution < 1.29 is 48.9 Å². The van der Waals surface area contributed by atoms with Gasteiger partial charge >= 0.3 is 25.8 Å². The first-order valence-electron chi connectivity index (χ1n) is 5.19. The third kappa shape index (κ3) is 4.57. The highest BCUT2D eigenvalue weighted by atomic mass is 31.2. The van der Waals surface area contributed by atoms with E-state index in [-0.39, 0.29) is 13.2 Å². The summed E-state index contributed by atoms with van der Waals surface area (Å²) in [5.41, 5.74) is 0. The van der Waals surface area contributed by atoms with Crippen LogP contribution in [0.25, 0.3) is 0 Å². The van der Waals surface area contributed by atoms with E-state index in [1.165, 1.54) is 13.8 Å². The van der Waals surface area contributed by atoms with E-state index in [0.717, 1.165) is 0 Å². The van der Waals surface area contributed by atoms with Crippen molar-refractivity contribution in [2.24, 2.45) is 0 Å². The Bertz CT molecular complexity index is 347. The van der Waals surface area contributed by atoms with Gasteiger partial charge in [0.25, 0.3) is 0 Å². The van der Waals surface area contributed by atoms with Crippen molar-refractivity contribution in [1.29, 1.82) is 0 Å². The van der Waals surface area contributed by atoms with Crippen molar-refractivity contribution in [3.63, 3.8) is 0 Å². The minimum atomic E-state index is -6.49. The van der Waals surface area contributed by atoms with Gasteiger partial charge in [0, 0.05) is 0 Å². The lowest BCUT2D eigenvalue weighted by atomic mass is 10.2. The first-order chi connectivity index (χ1) is 8.83. The molecular formula is C8H12F7O4P. The Morgan fingerprint density at radius 2 is 1.25 bits per heavy atom. The summed E-state index contributed by atoms with van der Waals surface area (Å²) in [5, 5.41) is 0. The Balaban J connectivity index is 4.98. The lowest BCUT2D eigenvalue weighted by Gasteiger charge is -2.28. The lowest BCUT2D eigenvalue weighted by Crippen LogP contribution is -2.54. The van der Waals surface area contributed by atoms with Crippen LogP contribution >= 0.6 is 7.82 Å². The number of hydrogen-bond donors (Lipinski definition) is 0. The van der Waals surface area contributed by atoms with E-state index in [0.29, 0.717) is 0 Å². The van der Waals surface area contributed by atoms with Crippen LogP contribution in [-0.2, 0) is 18.1 Å². The van der Waals surface area contributed by atoms with Crippen molar-refractivity contribution in [2.45, 2.75) is 31.9 Å². The molecule has 0 spiro atoms. The minimum absolute atomic E-state index is 0.349. The molecular weight excluding hydrogens is 324 g/mol. The van der Waals surface area contributed by atoms with Gasteiger partial charge in [-0.3, -0.25) is 13.6 Å². The van der Waals surface area contributed by atoms with Gasteiger partial charge < -0.3 is 0 Å². The Hall–Kier alpha value is -0.380. The highest BCUT2D eigenvalue weighted by Crippen LogP contribution is 2.53. The molecule has 4 nitrogen and oxygen atoms in total. The van der Waals surface area contributed by atoms with Crippen molar-refractivity contribution in [3.05, 3.63) is 0 Å². The molecule has 0 rings (SSSR count). The summed E-state index contributed by atoms with van der Waals surface area (Å²) in [6.45, 7) is -0.650. The topological polar surface area (TPSA) is 44.8 Å². The predicted molar refractivity (Wildman–Crippen MR) is 52.8 cm³/mol. The van der Waals surface area contributed by atoms with Crippen LogP contribution in [0, 0.1) is 0 Å². The molecule has 0 fully saturated rings. The summed E-state index contributed by atoms with van der Waals surface area (Å²) in [5.74, 6) is -12.0. The molecule has 0 atom stereocenters. The van der Waals surface area contributed by atoms with Gasteiger partial charge in [-0.2, -0.15) is 30.7 Å². The zero-order valence-corrected chi connectivity index (χ0v) is 11.2. The molecule has 0 aromatic carbocycles. The summed E-state index contributed by atoms with van der Waals surface area (Å²) in [6.07, 6.45) is -6.49. The monoisotopic (exact) mass is 336 g/mol. The van der Waals surface area contributed by atoms with Gasteiger partial charge in [0.15, 0.2) is 0 Å². The molecule has 0 aromatic heterocycles. The third-order valence-electron chi connectivity index (χ3n) is 1.79. The van der Waals surface area contributed by atoms with E-state index in [1.807, 2.05) is 0 Å². The summed E-state index contributed by atoms with van der Waals surface area (Å²) >= 11 is 0. The molecule has 0 aromatic rings. The van der Waals surface area contributed by atoms with Gasteiger partial charge in [-0.25, -0.2) is 4.57 Å². The van der Waals surface area contributed by atoms with Gasteiger partial charge in [-0.15, -0.1) is 0 Å². The molecule has 0 saturated carbocycles. The van der Waals surface area contributed by atoms with Crippen molar-refractivity contribution in [2.75, 3.05) is 19.8 Å². The van der Waals surface area contributed by atoms with Crippen molar-refractivity contribution >= 4 is 7.82 Å². The Morgan fingerprint density at radius 1 is 0.850 bits per heavy atom. The van der Waals surface area contributed by atoms with Gasteiger partial charge in [0.05, 0.1) is 13.2 Å². The summed E-state index contributed by atoms with van der Waals surface area (Å²) in [4.78, 5) is 0. The Kier molecular flexibility index (Phi) is 6.46. The molecule has 20 heavy (non-hydrogen) atoms. The highest BCUT2D eigenvalue weighted by molar-refractivity contribution is 7.48. The second kappa shape index (κ2) is 6.59. The predicted octanol–water partition coefficient (Wildman–Crippen LogP) is 4.02. The molecule has 0 saturated heterocycles. The molecule has 12 heteroatoms. The fourth-order valence-electron chi connectivity index (χ4n) is 0.886. The van der Waals surface area contributed by atoms with E-state index < -0.39 is 32.5 Å². The van der Waals surface area contributed by atoms with E-state index >= 15 is 0 Å². The quantitative estimate of drug-likeness (QED) is 0.496. The number of halogens is 7. The maximum Gasteiger partial charge on any atom is 0.474 e. The molecule has 0 aliphatic heterocycles. The summed E-state index contributed by atoms with van der Waals surface area (Å²) in [7, 11) is -4.62. The van der Waals surface area contributed by atoms with Gasteiger partial charge in [-0.05, 0) is 13.8 Å². The molecule has 0 heterocycles. The fraction of sp³-hybridized carbons (Fsp3) is 1.00. The average Bonchev–Trinajstić information content (AvgIpc) is 2.25. The Morgan fingerprint density at radius 3 is 1.55 bits per heavy atom. The van der Waals surface area contributed by atoms with E-state index in [2.05, 4.69) is 13.6 Å². The second-order valence-electron chi connectivity index (χ2n) is 3.33. The molecule has 0 bridgehead atoms. The van der Waals surface area contributed by atoms with E-state index in [9.17, 15) is 35.3 Å². The van der Waals surface area contributed by atoms with Crippen LogP contribution in [0.15, 0.2) is 0 Å². The van der Waals surface area contributed by atoms with Gasteiger partial charge in [0.1, 0.15) is 6.61 Å². The normalized spacial score (nSPS) is 14.7. The zero-order chi connectivity index (χ0) is 16.2. The summed E-state index contributed by atoms with van der Waals surface area (Å²) in [6, 6.07) is 0. The van der Waals surface area contributed by atoms with Crippen LogP contribution in [0.3, 0.4) is 0 Å². The number of phosphoric acid groups is 1. The molecule has 0 radical (unpaired) electrons. The Labute approximate surface area is 109 Å². The summed E-state index contributed by atoms with van der Waals surface area (Å²) < 4.78 is 110. The number of alkyl halides is 7. The smallest absolute Gasteiger partial charge is 0.287 e. The number of phosphoric ester groups is 1. The first-order valence-corrected chi connectivity index (χ1v) is 6.65. The van der Waals surface area contributed by atoms with Crippen molar-refractivity contribution in [1.82, 2.24) is 0 Å². The molecule has 0 N–H and O–H groups in total. The highest BCUT2D eigenvalue weighted by Gasteiger charge is 2.73. The van der Waals surface area contributed by atoms with Gasteiger partial charge in [0.2, 0.25) is 0 Å². The zero-order valence-electron chi connectivity index (χ0n) is 10.3. The van der Waals surface area contributed by atoms with E-state index in [4.69, 9.17) is 0 Å². The number of hydrogen-bond acceptors (Lipinski definition) is 4. The molecule has 0 aliphatic carbocycles. The molecule has 122 valence electrons. The van der Waals surface area contributed by atoms with Crippen LogP contribution < -0.4 is 0 Å². The lowest BCUT2D eigenvalue weighted by molar-refractivity contribution is -0.358. The minimum Gasteiger partial charge on any atom is -0.287 e.